The minimum Gasteiger partial charge on any atom is -0.466 e. The van der Waals surface area contributed by atoms with Crippen LogP contribution in [0.25, 0.3) is 16.6 Å². The number of fused-ring (bicyclic) bond motifs is 1. The van der Waals surface area contributed by atoms with Crippen molar-refractivity contribution in [3.8, 4) is 5.69 Å². The number of benzene rings is 2. The summed E-state index contributed by atoms with van der Waals surface area (Å²) < 4.78 is 23.1. The minimum atomic E-state index is -0.260. The number of imidazole rings is 1. The zero-order chi connectivity index (χ0) is 21.1. The number of halogens is 1. The number of hydrogen-bond donors (Lipinski definition) is 0. The Morgan fingerprint density at radius 1 is 1.17 bits per heavy atom. The van der Waals surface area contributed by atoms with Crippen LogP contribution >= 0.6 is 0 Å². The first-order valence-corrected chi connectivity index (χ1v) is 10.1. The molecule has 0 unspecified atom stereocenters. The fourth-order valence-electron chi connectivity index (χ4n) is 3.87. The Balaban J connectivity index is 1.67. The van der Waals surface area contributed by atoms with E-state index >= 15 is 0 Å². The van der Waals surface area contributed by atoms with E-state index in [1.54, 1.807) is 25.5 Å². The maximum Gasteiger partial charge on any atom is 0.306 e. The van der Waals surface area contributed by atoms with Crippen LogP contribution in [-0.2, 0) is 22.5 Å². The third-order valence-corrected chi connectivity index (χ3v) is 5.36. The van der Waals surface area contributed by atoms with E-state index in [1.807, 2.05) is 35.9 Å². The number of nitrogens with zero attached hydrogens (tertiary/aromatic N) is 3. The van der Waals surface area contributed by atoms with Crippen LogP contribution in [0.3, 0.4) is 0 Å². The molecule has 0 aliphatic carbocycles. The lowest BCUT2D eigenvalue weighted by Crippen LogP contribution is -2.10. The zero-order valence-electron chi connectivity index (χ0n) is 17.1. The van der Waals surface area contributed by atoms with Crippen molar-refractivity contribution in [3.63, 3.8) is 0 Å². The van der Waals surface area contributed by atoms with Gasteiger partial charge in [-0.05, 0) is 61.7 Å². The van der Waals surface area contributed by atoms with E-state index in [-0.39, 0.29) is 11.8 Å². The summed E-state index contributed by atoms with van der Waals surface area (Å²) in [5.41, 5.74) is 5.16. The van der Waals surface area contributed by atoms with Gasteiger partial charge in [-0.15, -0.1) is 0 Å². The number of hydrogen-bond acceptors (Lipinski definition) is 3. The van der Waals surface area contributed by atoms with Crippen molar-refractivity contribution >= 4 is 16.9 Å². The predicted octanol–water partition coefficient (Wildman–Crippen LogP) is 4.82. The smallest absolute Gasteiger partial charge is 0.306 e. The molecule has 2 aromatic carbocycles. The third kappa shape index (κ3) is 3.99. The maximum atomic E-state index is 13.9. The molecule has 0 spiro atoms. The molecule has 4 aromatic rings. The number of aromatic nitrogens is 3. The molecular weight excluding hydrogens is 381 g/mol. The molecular formula is C24H24FN3O2. The van der Waals surface area contributed by atoms with Crippen LogP contribution in [0.2, 0.25) is 0 Å². The van der Waals surface area contributed by atoms with Crippen LogP contribution < -0.4 is 0 Å². The summed E-state index contributed by atoms with van der Waals surface area (Å²) in [6.07, 6.45) is 6.26. The Morgan fingerprint density at radius 3 is 2.67 bits per heavy atom. The van der Waals surface area contributed by atoms with Gasteiger partial charge in [-0.2, -0.15) is 0 Å². The second kappa shape index (κ2) is 8.53. The van der Waals surface area contributed by atoms with Gasteiger partial charge in [-0.3, -0.25) is 4.79 Å². The minimum absolute atomic E-state index is 0.218. The van der Waals surface area contributed by atoms with E-state index in [2.05, 4.69) is 21.7 Å². The molecule has 0 atom stereocenters. The molecule has 30 heavy (non-hydrogen) atoms. The Kier molecular flexibility index (Phi) is 5.65. The lowest BCUT2D eigenvalue weighted by atomic mass is 10.1. The number of esters is 1. The predicted molar refractivity (Wildman–Crippen MR) is 114 cm³/mol. The van der Waals surface area contributed by atoms with Gasteiger partial charge in [0.2, 0.25) is 0 Å². The van der Waals surface area contributed by atoms with Gasteiger partial charge in [0.05, 0.1) is 19.4 Å². The van der Waals surface area contributed by atoms with E-state index in [1.165, 1.54) is 6.07 Å². The first-order valence-electron chi connectivity index (χ1n) is 10.1. The van der Waals surface area contributed by atoms with Gasteiger partial charge < -0.3 is 13.9 Å². The molecule has 2 heterocycles. The molecule has 4 rings (SSSR count). The summed E-state index contributed by atoms with van der Waals surface area (Å²) >= 11 is 0. The average Bonchev–Trinajstić information content (AvgIpc) is 3.36. The molecule has 154 valence electrons. The lowest BCUT2D eigenvalue weighted by molar-refractivity contribution is -0.143. The molecule has 0 saturated heterocycles. The lowest BCUT2D eigenvalue weighted by Gasteiger charge is -2.13. The van der Waals surface area contributed by atoms with Crippen LogP contribution in [0.5, 0.6) is 0 Å². The van der Waals surface area contributed by atoms with E-state index in [4.69, 9.17) is 4.74 Å². The standard InChI is InChI=1S/C24H24FN3O2/c1-3-30-24(29)11-10-22-17(2)21-14-19(25)6-9-23(21)28(22)15-18-4-7-20(8-5-18)27-13-12-26-16-27/h4-9,12-14,16H,3,10-11,15H2,1-2H3. The summed E-state index contributed by atoms with van der Waals surface area (Å²) in [6.45, 7) is 4.80. The molecule has 0 saturated carbocycles. The molecule has 5 nitrogen and oxygen atoms in total. The van der Waals surface area contributed by atoms with Gasteiger partial charge in [-0.1, -0.05) is 12.1 Å². The van der Waals surface area contributed by atoms with Crippen molar-refractivity contribution in [3.05, 3.63) is 83.8 Å². The highest BCUT2D eigenvalue weighted by atomic mass is 19.1. The van der Waals surface area contributed by atoms with Crippen LogP contribution in [0.1, 0.15) is 30.2 Å². The molecule has 0 fully saturated rings. The van der Waals surface area contributed by atoms with E-state index in [9.17, 15) is 9.18 Å². The van der Waals surface area contributed by atoms with Crippen molar-refractivity contribution in [2.75, 3.05) is 6.61 Å². The highest BCUT2D eigenvalue weighted by Crippen LogP contribution is 2.28. The summed E-state index contributed by atoms with van der Waals surface area (Å²) in [5, 5.41) is 0.879. The van der Waals surface area contributed by atoms with Crippen LogP contribution in [0.4, 0.5) is 4.39 Å². The highest BCUT2D eigenvalue weighted by molar-refractivity contribution is 5.85. The van der Waals surface area contributed by atoms with Gasteiger partial charge in [0.1, 0.15) is 5.82 Å². The molecule has 2 aromatic heterocycles. The maximum absolute atomic E-state index is 13.9. The normalized spacial score (nSPS) is 11.2. The summed E-state index contributed by atoms with van der Waals surface area (Å²) in [4.78, 5) is 16.0. The first-order chi connectivity index (χ1) is 14.6. The number of carbonyl (C=O) groups excluding carboxylic acids is 1. The zero-order valence-corrected chi connectivity index (χ0v) is 17.1. The van der Waals surface area contributed by atoms with Gasteiger partial charge in [0, 0.05) is 41.2 Å². The molecule has 6 heteroatoms. The largest absolute Gasteiger partial charge is 0.466 e. The van der Waals surface area contributed by atoms with Gasteiger partial charge in [0.25, 0.3) is 0 Å². The van der Waals surface area contributed by atoms with Crippen LogP contribution in [0.15, 0.2) is 61.2 Å². The van der Waals surface area contributed by atoms with Crippen molar-refractivity contribution in [1.29, 1.82) is 0 Å². The van der Waals surface area contributed by atoms with E-state index in [0.717, 1.165) is 33.4 Å². The SMILES string of the molecule is CCOC(=O)CCc1c(C)c2cc(F)ccc2n1Cc1ccc(-n2ccnc2)cc1. The quantitative estimate of drug-likeness (QED) is 0.414. The third-order valence-electron chi connectivity index (χ3n) is 5.36. The first kappa shape index (κ1) is 19.9. The summed E-state index contributed by atoms with van der Waals surface area (Å²) in [6, 6.07) is 13.1. The van der Waals surface area contributed by atoms with Gasteiger partial charge in [0.15, 0.2) is 0 Å². The van der Waals surface area contributed by atoms with Crippen LogP contribution in [-0.4, -0.2) is 26.7 Å². The number of carbonyl (C=O) groups is 1. The summed E-state index contributed by atoms with van der Waals surface area (Å²) in [7, 11) is 0. The molecule has 0 N–H and O–H groups in total. The molecule has 0 aliphatic heterocycles. The van der Waals surface area contributed by atoms with Crippen molar-refractivity contribution in [2.24, 2.45) is 0 Å². The Morgan fingerprint density at radius 2 is 1.97 bits per heavy atom. The molecule has 0 bridgehead atoms. The summed E-state index contributed by atoms with van der Waals surface area (Å²) in [5.74, 6) is -0.478. The Labute approximate surface area is 174 Å². The second-order valence-electron chi connectivity index (χ2n) is 7.26. The molecule has 0 amide bonds. The van der Waals surface area contributed by atoms with Gasteiger partial charge in [-0.25, -0.2) is 9.37 Å². The monoisotopic (exact) mass is 405 g/mol. The second-order valence-corrected chi connectivity index (χ2v) is 7.26. The topological polar surface area (TPSA) is 49.0 Å². The average molecular weight is 405 g/mol. The number of rotatable bonds is 7. The number of aryl methyl sites for hydroxylation is 1. The van der Waals surface area contributed by atoms with E-state index in [0.29, 0.717) is 26.0 Å². The van der Waals surface area contributed by atoms with Crippen molar-refractivity contribution < 1.29 is 13.9 Å². The van der Waals surface area contributed by atoms with Crippen LogP contribution in [0, 0.1) is 12.7 Å². The van der Waals surface area contributed by atoms with Gasteiger partial charge >= 0.3 is 5.97 Å². The fourth-order valence-corrected chi connectivity index (χ4v) is 3.87. The Bertz CT molecular complexity index is 1160. The highest BCUT2D eigenvalue weighted by Gasteiger charge is 2.16. The van der Waals surface area contributed by atoms with E-state index < -0.39 is 0 Å². The van der Waals surface area contributed by atoms with Crippen molar-refractivity contribution in [1.82, 2.24) is 14.1 Å². The fraction of sp³-hybridized carbons (Fsp3) is 0.250. The molecule has 0 aliphatic rings. The number of ether oxygens (including phenoxy) is 1. The van der Waals surface area contributed by atoms with Crippen molar-refractivity contribution in [2.45, 2.75) is 33.2 Å². The Hall–Kier alpha value is -3.41. The molecule has 0 radical (unpaired) electrons.